The molecule has 3 aromatic rings. The fourth-order valence-corrected chi connectivity index (χ4v) is 1.87. The summed E-state index contributed by atoms with van der Waals surface area (Å²) >= 11 is 0. The number of aromatic nitrogens is 2. The van der Waals surface area contributed by atoms with Crippen LogP contribution >= 0.6 is 0 Å². The van der Waals surface area contributed by atoms with E-state index in [0.29, 0.717) is 28.4 Å². The minimum Gasteiger partial charge on any atom is -0.465 e. The van der Waals surface area contributed by atoms with Crippen LogP contribution in [0.25, 0.3) is 11.1 Å². The monoisotopic (exact) mass is 287 g/mol. The average Bonchev–Trinajstić information content (AvgIpc) is 3.01. The molecule has 0 unspecified atom stereocenters. The van der Waals surface area contributed by atoms with Gasteiger partial charge in [0.15, 0.2) is 18.1 Å². The van der Waals surface area contributed by atoms with Crippen LogP contribution in [-0.4, -0.2) is 22.7 Å². The molecule has 0 bridgehead atoms. The molecule has 1 N–H and O–H groups in total. The van der Waals surface area contributed by atoms with Gasteiger partial charge in [-0.05, 0) is 30.3 Å². The van der Waals surface area contributed by atoms with Crippen molar-refractivity contribution in [3.05, 3.63) is 35.9 Å². The van der Waals surface area contributed by atoms with Gasteiger partial charge in [-0.2, -0.15) is 0 Å². The average molecular weight is 287 g/mol. The van der Waals surface area contributed by atoms with Crippen LogP contribution in [0, 0.1) is 13.8 Å². The first-order chi connectivity index (χ1) is 10.1. The second-order valence-corrected chi connectivity index (χ2v) is 4.53. The van der Waals surface area contributed by atoms with Crippen LogP contribution in [0.4, 0.5) is 5.69 Å². The number of carbonyl (C=O) groups is 1. The molecule has 0 aliphatic carbocycles. The second-order valence-electron chi connectivity index (χ2n) is 4.53. The van der Waals surface area contributed by atoms with E-state index >= 15 is 0 Å². The summed E-state index contributed by atoms with van der Waals surface area (Å²) in [4.78, 5) is 16.0. The number of anilines is 1. The third kappa shape index (κ3) is 3.02. The van der Waals surface area contributed by atoms with Crippen molar-refractivity contribution in [2.75, 3.05) is 11.9 Å². The van der Waals surface area contributed by atoms with Gasteiger partial charge in [-0.25, -0.2) is 4.98 Å². The van der Waals surface area contributed by atoms with Gasteiger partial charge in [0.1, 0.15) is 11.3 Å². The predicted molar refractivity (Wildman–Crippen MR) is 74.1 cm³/mol. The van der Waals surface area contributed by atoms with E-state index in [9.17, 15) is 4.79 Å². The molecular formula is C14H13N3O4. The van der Waals surface area contributed by atoms with Gasteiger partial charge >= 0.3 is 0 Å². The molecule has 0 saturated carbocycles. The number of hydrogen-bond donors (Lipinski definition) is 1. The topological polar surface area (TPSA) is 90.4 Å². The first-order valence-corrected chi connectivity index (χ1v) is 6.33. The highest BCUT2D eigenvalue weighted by Gasteiger charge is 2.08. The normalized spacial score (nSPS) is 10.8. The second kappa shape index (κ2) is 5.28. The summed E-state index contributed by atoms with van der Waals surface area (Å²) in [6, 6.07) is 6.85. The van der Waals surface area contributed by atoms with E-state index in [0.717, 1.165) is 0 Å². The van der Waals surface area contributed by atoms with Crippen LogP contribution in [0.2, 0.25) is 0 Å². The summed E-state index contributed by atoms with van der Waals surface area (Å²) in [7, 11) is 0. The number of hydrogen-bond acceptors (Lipinski definition) is 6. The molecule has 108 valence electrons. The third-order valence-corrected chi connectivity index (χ3v) is 2.74. The molecule has 3 rings (SSSR count). The van der Waals surface area contributed by atoms with Gasteiger partial charge < -0.3 is 19.0 Å². The lowest BCUT2D eigenvalue weighted by Crippen LogP contribution is -2.20. The SMILES string of the molecule is Cc1cc(OCC(=O)Nc2ccc3oc(C)nc3c2)no1. The molecule has 21 heavy (non-hydrogen) atoms. The van der Waals surface area contributed by atoms with Crippen LogP contribution in [0.3, 0.4) is 0 Å². The summed E-state index contributed by atoms with van der Waals surface area (Å²) in [6.07, 6.45) is 0. The summed E-state index contributed by atoms with van der Waals surface area (Å²) in [6.45, 7) is 3.36. The Kier molecular flexibility index (Phi) is 3.31. The highest BCUT2D eigenvalue weighted by Crippen LogP contribution is 2.19. The maximum absolute atomic E-state index is 11.8. The molecule has 1 aromatic carbocycles. The van der Waals surface area contributed by atoms with Crippen LogP contribution in [0.15, 0.2) is 33.2 Å². The van der Waals surface area contributed by atoms with Crippen molar-refractivity contribution >= 4 is 22.7 Å². The van der Waals surface area contributed by atoms with Gasteiger partial charge in [-0.1, -0.05) is 0 Å². The Labute approximate surface area is 119 Å². The molecule has 0 radical (unpaired) electrons. The Balaban J connectivity index is 1.62. The Morgan fingerprint density at radius 2 is 2.19 bits per heavy atom. The van der Waals surface area contributed by atoms with Gasteiger partial charge in [-0.15, -0.1) is 0 Å². The smallest absolute Gasteiger partial charge is 0.262 e. The number of oxazole rings is 1. The van der Waals surface area contributed by atoms with E-state index in [1.54, 1.807) is 38.1 Å². The Morgan fingerprint density at radius 1 is 1.33 bits per heavy atom. The van der Waals surface area contributed by atoms with Crippen molar-refractivity contribution in [3.8, 4) is 5.88 Å². The molecule has 0 saturated heterocycles. The Hall–Kier alpha value is -2.83. The van der Waals surface area contributed by atoms with E-state index in [1.807, 2.05) is 0 Å². The van der Waals surface area contributed by atoms with Gasteiger partial charge in [0.25, 0.3) is 11.8 Å². The minimum absolute atomic E-state index is 0.151. The lowest BCUT2D eigenvalue weighted by molar-refractivity contribution is -0.118. The highest BCUT2D eigenvalue weighted by molar-refractivity contribution is 5.93. The van der Waals surface area contributed by atoms with E-state index in [4.69, 9.17) is 13.7 Å². The molecule has 0 aliphatic heterocycles. The van der Waals surface area contributed by atoms with Gasteiger partial charge in [0.2, 0.25) is 0 Å². The summed E-state index contributed by atoms with van der Waals surface area (Å²) < 4.78 is 15.4. The van der Waals surface area contributed by atoms with Gasteiger partial charge in [0, 0.05) is 18.7 Å². The van der Waals surface area contributed by atoms with Crippen LogP contribution in [0.1, 0.15) is 11.7 Å². The molecule has 0 aliphatic rings. The number of nitrogens with zero attached hydrogens (tertiary/aromatic N) is 2. The Morgan fingerprint density at radius 3 is 2.95 bits per heavy atom. The summed E-state index contributed by atoms with van der Waals surface area (Å²) in [5, 5.41) is 6.36. The van der Waals surface area contributed by atoms with Crippen LogP contribution in [-0.2, 0) is 4.79 Å². The molecule has 0 fully saturated rings. The standard InChI is InChI=1S/C14H13N3O4/c1-8-5-14(17-21-8)19-7-13(18)16-10-3-4-12-11(6-10)15-9(2)20-12/h3-6H,7H2,1-2H3,(H,16,18). The first kappa shape index (κ1) is 13.2. The summed E-state index contributed by atoms with van der Waals surface area (Å²) in [5.41, 5.74) is 2.00. The van der Waals surface area contributed by atoms with Crippen molar-refractivity contribution in [1.29, 1.82) is 0 Å². The van der Waals surface area contributed by atoms with Gasteiger partial charge in [0.05, 0.1) is 0 Å². The van der Waals surface area contributed by atoms with Crippen LogP contribution < -0.4 is 10.1 Å². The molecule has 1 amide bonds. The first-order valence-electron chi connectivity index (χ1n) is 6.33. The fourth-order valence-electron chi connectivity index (χ4n) is 1.87. The lowest BCUT2D eigenvalue weighted by atomic mass is 10.3. The van der Waals surface area contributed by atoms with Crippen molar-refractivity contribution in [2.45, 2.75) is 13.8 Å². The number of ether oxygens (including phenoxy) is 1. The number of amides is 1. The molecule has 7 nitrogen and oxygen atoms in total. The molecule has 7 heteroatoms. The number of benzene rings is 1. The number of nitrogens with one attached hydrogen (secondary N) is 1. The molecule has 2 aromatic heterocycles. The van der Waals surface area contributed by atoms with E-state index in [-0.39, 0.29) is 18.4 Å². The van der Waals surface area contributed by atoms with E-state index < -0.39 is 0 Å². The number of aryl methyl sites for hydroxylation is 2. The quantitative estimate of drug-likeness (QED) is 0.792. The fraction of sp³-hybridized carbons (Fsp3) is 0.214. The zero-order valence-corrected chi connectivity index (χ0v) is 11.5. The van der Waals surface area contributed by atoms with Crippen molar-refractivity contribution in [2.24, 2.45) is 0 Å². The molecule has 0 atom stereocenters. The van der Waals surface area contributed by atoms with Crippen molar-refractivity contribution < 1.29 is 18.5 Å². The largest absolute Gasteiger partial charge is 0.465 e. The molecule has 2 heterocycles. The van der Waals surface area contributed by atoms with Crippen LogP contribution in [0.5, 0.6) is 5.88 Å². The van der Waals surface area contributed by atoms with Gasteiger partial charge in [-0.3, -0.25) is 4.79 Å². The molecular weight excluding hydrogens is 274 g/mol. The van der Waals surface area contributed by atoms with Crippen molar-refractivity contribution in [1.82, 2.24) is 10.1 Å². The lowest BCUT2D eigenvalue weighted by Gasteiger charge is -2.04. The zero-order valence-electron chi connectivity index (χ0n) is 11.5. The third-order valence-electron chi connectivity index (χ3n) is 2.74. The Bertz CT molecular complexity index is 790. The zero-order chi connectivity index (χ0) is 14.8. The number of carbonyl (C=O) groups excluding carboxylic acids is 1. The number of rotatable bonds is 4. The van der Waals surface area contributed by atoms with E-state index in [2.05, 4.69) is 15.5 Å². The summed E-state index contributed by atoms with van der Waals surface area (Å²) in [5.74, 6) is 1.19. The highest BCUT2D eigenvalue weighted by atomic mass is 16.5. The maximum Gasteiger partial charge on any atom is 0.262 e. The molecule has 0 spiro atoms. The minimum atomic E-state index is -0.296. The van der Waals surface area contributed by atoms with E-state index in [1.165, 1.54) is 0 Å². The van der Waals surface area contributed by atoms with Crippen molar-refractivity contribution in [3.63, 3.8) is 0 Å². The number of fused-ring (bicyclic) bond motifs is 1. The maximum atomic E-state index is 11.8. The predicted octanol–water partition coefficient (Wildman–Crippen LogP) is 2.45.